The van der Waals surface area contributed by atoms with E-state index in [2.05, 4.69) is 10.0 Å². The Hall–Kier alpha value is -5.07. The van der Waals surface area contributed by atoms with Gasteiger partial charge in [0, 0.05) is 19.1 Å². The second kappa shape index (κ2) is 23.5. The van der Waals surface area contributed by atoms with Gasteiger partial charge in [0.15, 0.2) is 6.29 Å². The lowest BCUT2D eigenvalue weighted by atomic mass is 9.82. The van der Waals surface area contributed by atoms with E-state index in [0.29, 0.717) is 0 Å². The summed E-state index contributed by atoms with van der Waals surface area (Å²) < 4.78 is 73.0. The van der Waals surface area contributed by atoms with Crippen molar-refractivity contribution in [1.82, 2.24) is 0 Å². The smallest absolute Gasteiger partial charge is 0.220 e. The number of hydrogen-bond acceptors (Lipinski definition) is 13. The van der Waals surface area contributed by atoms with Gasteiger partial charge in [0.05, 0.1) is 39.6 Å². The molecule has 0 amide bonds. The average molecular weight is 932 g/mol. The van der Waals surface area contributed by atoms with Gasteiger partial charge in [0.25, 0.3) is 0 Å². The fraction of sp³-hybridized carbons (Fsp3) is 0.434. The van der Waals surface area contributed by atoms with Crippen LogP contribution in [0.3, 0.4) is 0 Å². The second-order valence-electron chi connectivity index (χ2n) is 17.3. The Labute approximate surface area is 397 Å². The Balaban J connectivity index is 1.18. The van der Waals surface area contributed by atoms with Gasteiger partial charge in [-0.25, -0.2) is 0 Å². The molecule has 1 saturated carbocycles. The summed E-state index contributed by atoms with van der Waals surface area (Å²) in [5.41, 5.74) is 14.8. The predicted molar refractivity (Wildman–Crippen MR) is 249 cm³/mol. The van der Waals surface area contributed by atoms with Gasteiger partial charge in [-0.15, -0.1) is 0 Å². The molecule has 2 heterocycles. The van der Waals surface area contributed by atoms with E-state index in [1.165, 1.54) is 14.2 Å². The van der Waals surface area contributed by atoms with Gasteiger partial charge >= 0.3 is 0 Å². The van der Waals surface area contributed by atoms with Crippen molar-refractivity contribution in [1.29, 1.82) is 0 Å². The molecule has 1 N–H and O–H groups in total. The zero-order chi connectivity index (χ0) is 47.4. The van der Waals surface area contributed by atoms with Crippen molar-refractivity contribution in [3.63, 3.8) is 0 Å². The van der Waals surface area contributed by atoms with Crippen LogP contribution in [0.2, 0.25) is 0 Å². The molecule has 2 saturated heterocycles. The molecule has 360 valence electrons. The largest absolute Gasteiger partial charge is 0.387 e. The summed E-state index contributed by atoms with van der Waals surface area (Å²) >= 11 is 0. The van der Waals surface area contributed by atoms with Crippen LogP contribution in [0, 0.1) is 0 Å². The van der Waals surface area contributed by atoms with Crippen molar-refractivity contribution in [3.05, 3.63) is 190 Å². The predicted octanol–water partition coefficient (Wildman–Crippen LogP) is 8.22. The molecule has 0 spiro atoms. The van der Waals surface area contributed by atoms with Crippen molar-refractivity contribution < 1.29 is 57.2 Å². The summed E-state index contributed by atoms with van der Waals surface area (Å²) in [5.74, 6) is -2.94. The highest BCUT2D eigenvalue weighted by Gasteiger charge is 2.65. The van der Waals surface area contributed by atoms with Crippen LogP contribution in [0.1, 0.15) is 41.7 Å². The fourth-order valence-electron chi connectivity index (χ4n) is 8.95. The lowest BCUT2D eigenvalue weighted by molar-refractivity contribution is -0.475. The fourth-order valence-corrected chi connectivity index (χ4v) is 8.95. The highest BCUT2D eigenvalue weighted by atomic mass is 16.8. The van der Waals surface area contributed by atoms with Crippen LogP contribution in [0.15, 0.2) is 157 Å². The first-order valence-electron chi connectivity index (χ1n) is 23.0. The Bertz CT molecular complexity index is 2320. The van der Waals surface area contributed by atoms with E-state index in [1.54, 1.807) is 13.8 Å². The van der Waals surface area contributed by atoms with Gasteiger partial charge in [-0.2, -0.15) is 0 Å². The lowest BCUT2D eigenvalue weighted by Gasteiger charge is -2.58. The maximum absolute atomic E-state index is 12.8. The molecular formula is C53H61N3O12. The molecule has 5 aromatic rings. The Morgan fingerprint density at radius 1 is 0.529 bits per heavy atom. The number of methoxy groups -OCH3 is 2. The quantitative estimate of drug-likeness (QED) is 0.0426. The number of rotatable bonds is 21. The molecular weight excluding hydrogens is 871 g/mol. The summed E-state index contributed by atoms with van der Waals surface area (Å²) in [5, 5.41) is 17.1. The maximum Gasteiger partial charge on any atom is 0.220 e. The van der Waals surface area contributed by atoms with E-state index in [1.807, 2.05) is 152 Å². The monoisotopic (exact) mass is 931 g/mol. The van der Waals surface area contributed by atoms with E-state index in [4.69, 9.17) is 52.1 Å². The van der Waals surface area contributed by atoms with Gasteiger partial charge in [-0.1, -0.05) is 157 Å². The molecule has 13 atom stereocenters. The van der Waals surface area contributed by atoms with Crippen LogP contribution in [-0.2, 0) is 85.1 Å². The molecule has 3 aliphatic rings. The second-order valence-corrected chi connectivity index (χ2v) is 17.3. The zero-order valence-electron chi connectivity index (χ0n) is 38.8. The minimum absolute atomic E-state index is 0.0375. The summed E-state index contributed by atoms with van der Waals surface area (Å²) in [6, 6.07) is 47.2. The number of azide groups is 1. The van der Waals surface area contributed by atoms with Crippen molar-refractivity contribution in [2.24, 2.45) is 5.11 Å². The maximum atomic E-state index is 12.8. The summed E-state index contributed by atoms with van der Waals surface area (Å²) in [4.78, 5) is 3.31. The number of hydrogen-bond donors (Lipinski definition) is 1. The van der Waals surface area contributed by atoms with Crippen LogP contribution in [0.5, 0.6) is 0 Å². The van der Waals surface area contributed by atoms with Crippen molar-refractivity contribution >= 4 is 0 Å². The van der Waals surface area contributed by atoms with Crippen molar-refractivity contribution in [2.45, 2.75) is 126 Å². The molecule has 3 fully saturated rings. The number of nitrogens with zero attached hydrogens (tertiary/aromatic N) is 3. The molecule has 15 heteroatoms. The van der Waals surface area contributed by atoms with Crippen LogP contribution < -0.4 is 0 Å². The van der Waals surface area contributed by atoms with Gasteiger partial charge in [0.2, 0.25) is 11.6 Å². The Kier molecular flexibility index (Phi) is 17.1. The van der Waals surface area contributed by atoms with Crippen LogP contribution >= 0.6 is 0 Å². The number of aliphatic hydroxyl groups is 1. The van der Waals surface area contributed by atoms with Gasteiger partial charge in [0.1, 0.15) is 61.0 Å². The molecule has 8 rings (SSSR count). The third kappa shape index (κ3) is 11.7. The van der Waals surface area contributed by atoms with Gasteiger partial charge < -0.3 is 57.2 Å². The lowest BCUT2D eigenvalue weighted by Crippen LogP contribution is -2.76. The van der Waals surface area contributed by atoms with Crippen molar-refractivity contribution in [2.75, 3.05) is 20.8 Å². The van der Waals surface area contributed by atoms with E-state index >= 15 is 0 Å². The normalized spacial score (nSPS) is 31.3. The van der Waals surface area contributed by atoms with Crippen molar-refractivity contribution in [3.8, 4) is 0 Å². The Morgan fingerprint density at radius 3 is 1.34 bits per heavy atom. The number of ether oxygens (including phenoxy) is 11. The Morgan fingerprint density at radius 2 is 0.912 bits per heavy atom. The standard InChI is InChI=1S/C53H61N3O12/c1-52(58-3)53(2,59-4)68-50-48(64-34-40-28-18-9-19-29-40)47(43(57)46(49(50)67-52)63-33-39-26-16-8-17-27-39)66-51-42(55-56-54)45(62-32-38-24-14-7-15-25-38)44(61-31-37-22-12-6-13-23-37)41(65-51)35-60-30-36-20-10-5-11-21-36/h5-29,41-51,57H,30-35H2,1-4H3/t41-,42-,43-,44-,45-,46+,47+,48+,49-,50-,51+,52+,53+/m1/s1. The SMILES string of the molecule is CO[C@@]1(C)O[C@@H]2[C@@H](OCc3ccccc3)[C@@H](O[C@@H]3O[C@H](COCc4ccccc4)[C@@H](OCc4ccccc4)[C@H](OCc4ccccc4)[C@H]3N=[N+]=[N-])[C@H](O)[C@H](OCc3ccccc3)[C@H]2O[C@]1(C)OC. The highest BCUT2D eigenvalue weighted by molar-refractivity contribution is 5.18. The minimum atomic E-state index is -1.48. The number of aliphatic hydroxyl groups excluding tert-OH is 1. The molecule has 0 radical (unpaired) electrons. The molecule has 0 bridgehead atoms. The zero-order valence-corrected chi connectivity index (χ0v) is 38.8. The van der Waals surface area contributed by atoms with Crippen LogP contribution in [0.25, 0.3) is 10.4 Å². The number of fused-ring (bicyclic) bond motifs is 1. The van der Waals surface area contributed by atoms with E-state index in [0.717, 1.165) is 27.8 Å². The molecule has 0 aromatic heterocycles. The van der Waals surface area contributed by atoms with E-state index in [-0.39, 0.29) is 39.6 Å². The summed E-state index contributed by atoms with van der Waals surface area (Å²) in [6.07, 6.45) is -10.8. The third-order valence-corrected chi connectivity index (χ3v) is 12.9. The van der Waals surface area contributed by atoms with E-state index in [9.17, 15) is 10.6 Å². The highest BCUT2D eigenvalue weighted by Crippen LogP contribution is 2.46. The van der Waals surface area contributed by atoms with Gasteiger partial charge in [-0.05, 0) is 47.2 Å². The minimum Gasteiger partial charge on any atom is -0.387 e. The first-order chi connectivity index (χ1) is 33.2. The van der Waals surface area contributed by atoms with Crippen LogP contribution in [-0.4, -0.2) is 105 Å². The third-order valence-electron chi connectivity index (χ3n) is 12.9. The molecule has 0 unspecified atom stereocenters. The molecule has 5 aromatic carbocycles. The molecule has 1 aliphatic carbocycles. The molecule has 15 nitrogen and oxygen atoms in total. The summed E-state index contributed by atoms with van der Waals surface area (Å²) in [6.45, 7) is 4.30. The van der Waals surface area contributed by atoms with Crippen LogP contribution in [0.4, 0.5) is 0 Å². The topological polar surface area (TPSA) is 171 Å². The molecule has 68 heavy (non-hydrogen) atoms. The molecule has 2 aliphatic heterocycles. The first kappa shape index (κ1) is 49.4. The number of benzene rings is 5. The van der Waals surface area contributed by atoms with E-state index < -0.39 is 78.8 Å². The average Bonchev–Trinajstić information content (AvgIpc) is 3.38. The van der Waals surface area contributed by atoms with Gasteiger partial charge in [-0.3, -0.25) is 0 Å². The summed E-state index contributed by atoms with van der Waals surface area (Å²) in [7, 11) is 3.00. The first-order valence-corrected chi connectivity index (χ1v) is 23.0.